The van der Waals surface area contributed by atoms with Gasteiger partial charge >= 0.3 is 0 Å². The fourth-order valence-electron chi connectivity index (χ4n) is 4.07. The lowest BCUT2D eigenvalue weighted by molar-refractivity contribution is -0.0688. The lowest BCUT2D eigenvalue weighted by Gasteiger charge is -2.48. The molecule has 0 aliphatic carbocycles. The van der Waals surface area contributed by atoms with Gasteiger partial charge in [0.2, 0.25) is 0 Å². The van der Waals surface area contributed by atoms with Gasteiger partial charge in [0.1, 0.15) is 5.75 Å². The number of methoxy groups -OCH3 is 2. The Bertz CT molecular complexity index is 574. The highest BCUT2D eigenvalue weighted by Crippen LogP contribution is 2.38. The molecule has 134 valence electrons. The Morgan fingerprint density at radius 3 is 2.67 bits per heavy atom. The van der Waals surface area contributed by atoms with Crippen molar-refractivity contribution < 1.29 is 14.0 Å². The molecule has 0 spiro atoms. The normalized spacial score (nSPS) is 32.8. The largest absolute Gasteiger partial charge is 0.497 e. The highest BCUT2D eigenvalue weighted by Gasteiger charge is 2.43. The van der Waals surface area contributed by atoms with Crippen molar-refractivity contribution in [3.05, 3.63) is 18.2 Å². The Labute approximate surface area is 148 Å². The van der Waals surface area contributed by atoms with Gasteiger partial charge in [-0.1, -0.05) is 13.8 Å². The molecular weight excluding hydrogens is 326 g/mol. The lowest BCUT2D eigenvalue weighted by atomic mass is 9.82. The minimum Gasteiger partial charge on any atom is -0.497 e. The molecule has 7 heteroatoms. The molecule has 2 unspecified atom stereocenters. The molecule has 5 atom stereocenters. The molecule has 3 rings (SSSR count). The number of likely N-dealkylation sites (tertiary alicyclic amines) is 1. The average molecular weight is 353 g/mol. The van der Waals surface area contributed by atoms with Crippen molar-refractivity contribution in [3.8, 4) is 5.75 Å². The number of nitrogens with zero attached hydrogens (tertiary/aromatic N) is 1. The van der Waals surface area contributed by atoms with Gasteiger partial charge in [-0.25, -0.2) is 0 Å². The van der Waals surface area contributed by atoms with Gasteiger partial charge in [-0.3, -0.25) is 4.90 Å². The molecule has 1 fully saturated rings. The van der Waals surface area contributed by atoms with E-state index in [0.29, 0.717) is 17.6 Å². The Kier molecular flexibility index (Phi) is 5.44. The van der Waals surface area contributed by atoms with Crippen LogP contribution >= 0.6 is 12.0 Å². The second kappa shape index (κ2) is 7.39. The Morgan fingerprint density at radius 2 is 2.00 bits per heavy atom. The summed E-state index contributed by atoms with van der Waals surface area (Å²) in [6.07, 6.45) is 0.217. The number of rotatable bonds is 5. The van der Waals surface area contributed by atoms with E-state index in [9.17, 15) is 4.55 Å². The molecule has 2 heterocycles. The van der Waals surface area contributed by atoms with Gasteiger partial charge in [-0.05, 0) is 36.0 Å². The minimum absolute atomic E-state index is 0.00645. The highest BCUT2D eigenvalue weighted by molar-refractivity contribution is 7.93. The summed E-state index contributed by atoms with van der Waals surface area (Å²) in [7, 11) is 3.46. The number of benzene rings is 1. The third-order valence-corrected chi connectivity index (χ3v) is 5.76. The van der Waals surface area contributed by atoms with E-state index in [1.165, 1.54) is 0 Å². The molecule has 2 aliphatic rings. The predicted molar refractivity (Wildman–Crippen MR) is 98.7 cm³/mol. The van der Waals surface area contributed by atoms with E-state index in [1.807, 2.05) is 18.2 Å². The maximum atomic E-state index is 9.46. The van der Waals surface area contributed by atoms with E-state index in [2.05, 4.69) is 29.4 Å². The van der Waals surface area contributed by atoms with Crippen molar-refractivity contribution in [2.45, 2.75) is 32.3 Å². The zero-order chi connectivity index (χ0) is 17.3. The quantitative estimate of drug-likeness (QED) is 0.703. The van der Waals surface area contributed by atoms with E-state index in [0.717, 1.165) is 35.7 Å². The molecule has 24 heavy (non-hydrogen) atoms. The summed E-state index contributed by atoms with van der Waals surface area (Å²) in [6, 6.07) is 6.22. The Balaban J connectivity index is 1.80. The fraction of sp³-hybridized carbons (Fsp3) is 0.647. The average Bonchev–Trinajstić information content (AvgIpc) is 3.00. The first kappa shape index (κ1) is 17.7. The Hall–Kier alpha value is -1.15. The summed E-state index contributed by atoms with van der Waals surface area (Å²) in [5.41, 5.74) is 2.12. The summed E-state index contributed by atoms with van der Waals surface area (Å²) in [6.45, 7) is 5.35. The summed E-state index contributed by atoms with van der Waals surface area (Å²) in [4.78, 5) is 2.40. The van der Waals surface area contributed by atoms with E-state index >= 15 is 0 Å². The van der Waals surface area contributed by atoms with Crippen LogP contribution in [0.5, 0.6) is 5.75 Å². The van der Waals surface area contributed by atoms with Gasteiger partial charge in [-0.15, -0.1) is 0 Å². The first-order valence-electron chi connectivity index (χ1n) is 8.35. The van der Waals surface area contributed by atoms with Crippen molar-refractivity contribution in [2.24, 2.45) is 11.8 Å². The van der Waals surface area contributed by atoms with Crippen LogP contribution in [-0.2, 0) is 4.74 Å². The molecular formula is C17H27N3O3S. The van der Waals surface area contributed by atoms with Crippen molar-refractivity contribution in [1.82, 2.24) is 4.90 Å². The third-order valence-electron chi connectivity index (χ3n) is 5.27. The van der Waals surface area contributed by atoms with Gasteiger partial charge in [0, 0.05) is 31.5 Å². The summed E-state index contributed by atoms with van der Waals surface area (Å²) in [5, 5.41) is 7.09. The molecule has 1 saturated heterocycles. The molecule has 6 nitrogen and oxygen atoms in total. The summed E-state index contributed by atoms with van der Waals surface area (Å²) in [5.74, 6) is 2.26. The van der Waals surface area contributed by atoms with Crippen LogP contribution < -0.4 is 15.4 Å². The molecule has 0 radical (unpaired) electrons. The summed E-state index contributed by atoms with van der Waals surface area (Å²) >= 11 is 0.905. The number of piperidine rings is 1. The SMILES string of the molecule is COc1ccc2c(c1)N[C@H](N1CC(C)[C@@H](OC)C(C)[C@H]1CSO)N2. The van der Waals surface area contributed by atoms with Crippen LogP contribution in [0.2, 0.25) is 0 Å². The molecule has 1 aromatic carbocycles. The van der Waals surface area contributed by atoms with Gasteiger partial charge in [0.05, 0.1) is 24.6 Å². The number of nitrogens with one attached hydrogen (secondary N) is 2. The third kappa shape index (κ3) is 3.18. The van der Waals surface area contributed by atoms with E-state index in [1.54, 1.807) is 14.2 Å². The second-order valence-electron chi connectivity index (χ2n) is 6.70. The monoisotopic (exact) mass is 353 g/mol. The van der Waals surface area contributed by atoms with Crippen LogP contribution in [0.15, 0.2) is 18.2 Å². The molecule has 0 bridgehead atoms. The first-order valence-corrected chi connectivity index (χ1v) is 9.29. The number of fused-ring (bicyclic) bond motifs is 1. The van der Waals surface area contributed by atoms with Crippen molar-refractivity contribution in [1.29, 1.82) is 0 Å². The molecule has 0 aromatic heterocycles. The van der Waals surface area contributed by atoms with E-state index in [4.69, 9.17) is 9.47 Å². The molecule has 0 amide bonds. The van der Waals surface area contributed by atoms with Crippen LogP contribution in [0.1, 0.15) is 13.8 Å². The lowest BCUT2D eigenvalue weighted by Crippen LogP contribution is -2.61. The Morgan fingerprint density at radius 1 is 1.25 bits per heavy atom. The standard InChI is InChI=1S/C17H27N3O3S/c1-10-8-20(15(9-24-21)11(2)16(10)23-4)17-18-13-6-5-12(22-3)7-14(13)19-17/h5-7,10-11,15-19,21H,8-9H2,1-4H3/t10?,11?,15-,16-,17-/m1/s1. The molecule has 1 aromatic rings. The zero-order valence-electron chi connectivity index (χ0n) is 14.7. The topological polar surface area (TPSA) is 66.0 Å². The van der Waals surface area contributed by atoms with Crippen LogP contribution in [0.3, 0.4) is 0 Å². The van der Waals surface area contributed by atoms with E-state index < -0.39 is 0 Å². The van der Waals surface area contributed by atoms with Gasteiger partial charge < -0.3 is 24.7 Å². The van der Waals surface area contributed by atoms with Crippen LogP contribution in [0.4, 0.5) is 11.4 Å². The van der Waals surface area contributed by atoms with Crippen LogP contribution in [-0.4, -0.2) is 54.4 Å². The van der Waals surface area contributed by atoms with E-state index in [-0.39, 0.29) is 18.4 Å². The maximum absolute atomic E-state index is 9.46. The van der Waals surface area contributed by atoms with Crippen LogP contribution in [0, 0.1) is 11.8 Å². The maximum Gasteiger partial charge on any atom is 0.155 e. The number of ether oxygens (including phenoxy) is 2. The number of anilines is 2. The zero-order valence-corrected chi connectivity index (χ0v) is 15.5. The first-order chi connectivity index (χ1) is 11.6. The molecule has 2 aliphatic heterocycles. The number of hydrogen-bond donors (Lipinski definition) is 3. The second-order valence-corrected chi connectivity index (χ2v) is 7.29. The van der Waals surface area contributed by atoms with Crippen LogP contribution in [0.25, 0.3) is 0 Å². The smallest absolute Gasteiger partial charge is 0.155 e. The van der Waals surface area contributed by atoms with Crippen molar-refractivity contribution in [3.63, 3.8) is 0 Å². The van der Waals surface area contributed by atoms with Gasteiger partial charge in [-0.2, -0.15) is 0 Å². The number of hydrogen-bond acceptors (Lipinski definition) is 7. The van der Waals surface area contributed by atoms with Crippen molar-refractivity contribution >= 4 is 23.4 Å². The summed E-state index contributed by atoms with van der Waals surface area (Å²) < 4.78 is 20.5. The minimum atomic E-state index is 0.00645. The highest BCUT2D eigenvalue weighted by atomic mass is 32.2. The predicted octanol–water partition coefficient (Wildman–Crippen LogP) is 2.99. The molecule has 3 N–H and O–H groups in total. The fourth-order valence-corrected chi connectivity index (χ4v) is 4.72. The molecule has 0 saturated carbocycles. The van der Waals surface area contributed by atoms with Gasteiger partial charge in [0.15, 0.2) is 6.29 Å². The van der Waals surface area contributed by atoms with Crippen molar-refractivity contribution in [2.75, 3.05) is 37.2 Å². The van der Waals surface area contributed by atoms with Gasteiger partial charge in [0.25, 0.3) is 0 Å².